The predicted molar refractivity (Wildman–Crippen MR) is 210 cm³/mol. The second kappa shape index (κ2) is 16.3. The number of ether oxygens (including phenoxy) is 3. The minimum absolute atomic E-state index is 0.0562. The first-order chi connectivity index (χ1) is 27.7. The topological polar surface area (TPSA) is 194 Å². The molecule has 0 spiro atoms. The lowest BCUT2D eigenvalue weighted by molar-refractivity contribution is -0.148. The monoisotopic (exact) mass is 827 g/mol. The fourth-order valence-corrected chi connectivity index (χ4v) is 10.7. The van der Waals surface area contributed by atoms with E-state index in [0.717, 1.165) is 5.39 Å². The molecule has 316 valence electrons. The molecule has 2 saturated heterocycles. The summed E-state index contributed by atoms with van der Waals surface area (Å²) in [6, 6.07) is 3.48. The van der Waals surface area contributed by atoms with Crippen LogP contribution in [-0.4, -0.2) is 120 Å². The van der Waals surface area contributed by atoms with Gasteiger partial charge in [0.1, 0.15) is 40.9 Å². The van der Waals surface area contributed by atoms with E-state index in [1.165, 1.54) is 23.1 Å². The minimum atomic E-state index is -4.41. The molecule has 5 aliphatic rings. The zero-order chi connectivity index (χ0) is 41.6. The van der Waals surface area contributed by atoms with Gasteiger partial charge < -0.3 is 29.5 Å². The summed E-state index contributed by atoms with van der Waals surface area (Å²) in [5.74, 6) is -2.51. The van der Waals surface area contributed by atoms with Crippen molar-refractivity contribution in [3.8, 4) is 11.6 Å². The normalized spacial score (nSPS) is 33.0. The Labute approximate surface area is 338 Å². The molecule has 7 rings (SSSR count). The first kappa shape index (κ1) is 41.6. The maximum Gasteiger partial charge on any atom is 0.408 e. The number of hydrogen-bond donors (Lipinski definition) is 3. The van der Waals surface area contributed by atoms with E-state index >= 15 is 4.79 Å². The van der Waals surface area contributed by atoms with Crippen LogP contribution in [0.15, 0.2) is 42.6 Å². The molecular weight excluding hydrogens is 774 g/mol. The fourth-order valence-electron chi connectivity index (χ4n) is 9.25. The number of alkyl halides is 1. The molecule has 17 heteroatoms. The molecule has 4 amide bonds. The highest BCUT2D eigenvalue weighted by atomic mass is 32.2. The number of carboxylic acid groups (broad SMARTS) is 1. The Hall–Kier alpha value is -4.51. The Bertz CT molecular complexity index is 2060. The van der Waals surface area contributed by atoms with E-state index < -0.39 is 92.9 Å². The summed E-state index contributed by atoms with van der Waals surface area (Å²) >= 11 is 0. The molecule has 2 saturated carbocycles. The average Bonchev–Trinajstić information content (AvgIpc) is 4.12. The number of allylic oxidation sites excluding steroid dienone is 1. The predicted octanol–water partition coefficient (Wildman–Crippen LogP) is 4.34. The van der Waals surface area contributed by atoms with Gasteiger partial charge in [0.25, 0.3) is 5.91 Å². The van der Waals surface area contributed by atoms with Crippen molar-refractivity contribution in [2.24, 2.45) is 17.8 Å². The Kier molecular flexibility index (Phi) is 11.7. The van der Waals surface area contributed by atoms with Crippen LogP contribution in [0.4, 0.5) is 9.18 Å². The van der Waals surface area contributed by atoms with Crippen LogP contribution in [0.3, 0.4) is 0 Å². The number of amides is 4. The largest absolute Gasteiger partial charge is 0.494 e. The number of rotatable bonds is 9. The highest BCUT2D eigenvalue weighted by Crippen LogP contribution is 2.48. The summed E-state index contributed by atoms with van der Waals surface area (Å²) in [6.45, 7) is 5.10. The zero-order valence-corrected chi connectivity index (χ0v) is 34.2. The van der Waals surface area contributed by atoms with E-state index in [9.17, 15) is 32.3 Å². The highest BCUT2D eigenvalue weighted by molar-refractivity contribution is 7.91. The van der Waals surface area contributed by atoms with E-state index in [-0.39, 0.29) is 44.1 Å². The minimum Gasteiger partial charge on any atom is -0.494 e. The third kappa shape index (κ3) is 7.71. The molecule has 4 fully saturated rings. The number of carbonyl (C=O) groups excluding carboxylic acids is 3. The van der Waals surface area contributed by atoms with Crippen LogP contribution in [0.2, 0.25) is 0 Å². The van der Waals surface area contributed by atoms with E-state index in [1.807, 2.05) is 44.2 Å². The number of hydrogen-bond acceptors (Lipinski definition) is 10. The number of aromatic nitrogens is 1. The Balaban J connectivity index is 1.29. The summed E-state index contributed by atoms with van der Waals surface area (Å²) in [5.41, 5.74) is -1.69. The number of sulfonamides is 1. The molecule has 58 heavy (non-hydrogen) atoms. The van der Waals surface area contributed by atoms with Crippen LogP contribution in [0.1, 0.15) is 78.6 Å². The molecule has 15 nitrogen and oxygen atoms in total. The summed E-state index contributed by atoms with van der Waals surface area (Å²) in [4.78, 5) is 64.5. The Morgan fingerprint density at radius 2 is 1.88 bits per heavy atom. The molecule has 2 aliphatic carbocycles. The van der Waals surface area contributed by atoms with Gasteiger partial charge in [-0.05, 0) is 76.2 Å². The molecule has 9 atom stereocenters. The van der Waals surface area contributed by atoms with Crippen LogP contribution in [0.25, 0.3) is 10.8 Å². The van der Waals surface area contributed by atoms with Crippen LogP contribution in [0.5, 0.6) is 11.6 Å². The maximum atomic E-state index is 15.4. The van der Waals surface area contributed by atoms with Gasteiger partial charge in [-0.25, -0.2) is 22.6 Å². The SMILES string of the molecule is COc1cnc(O[C@@H]2C[C@H]3C(=O)N[C@]4(C(=O)NS(=O)(=O)C5(CF)CC5)C[C@H]4/C=C\CC[C@H](C)C[C@@H](C)[C@H](N(C(=O)O)C4CCCOC4)C(=O)N3C2C)c2ccccc12. The van der Waals surface area contributed by atoms with Crippen LogP contribution in [-0.2, 0) is 29.1 Å². The van der Waals surface area contributed by atoms with Gasteiger partial charge in [0.2, 0.25) is 27.7 Å². The summed E-state index contributed by atoms with van der Waals surface area (Å²) in [6.07, 6.45) is 6.20. The van der Waals surface area contributed by atoms with Crippen molar-refractivity contribution in [2.45, 2.75) is 119 Å². The number of nitrogens with zero attached hydrogens (tertiary/aromatic N) is 3. The standard InChI is InChI=1S/C41H54FN5O10S/c1-24-10-5-6-11-27-20-41(27,38(50)45-58(53,54)40(23-42)15-16-40)44-35(48)31-19-32(57-36-30-14-8-7-13-29(30)33(55-4)21-43-36)26(3)46(31)37(49)34(25(2)18-24)47(39(51)52)28-12-9-17-56-22-28/h6-8,11,13-14,21,24-28,31-32,34H,5,9-10,12,15-20,22-23H2,1-4H3,(H,44,48)(H,45,50)(H,51,52)/b11-6-/t24-,25+,26?,27+,28?,31-,32+,34-,41+/m0/s1. The van der Waals surface area contributed by atoms with Gasteiger partial charge in [-0.2, -0.15) is 0 Å². The molecule has 3 N–H and O–H groups in total. The number of carbonyl (C=O) groups is 4. The maximum absolute atomic E-state index is 15.4. The second-order valence-electron chi connectivity index (χ2n) is 16.9. The number of nitrogens with one attached hydrogen (secondary N) is 2. The molecule has 3 aliphatic heterocycles. The molecule has 1 aromatic carbocycles. The van der Waals surface area contributed by atoms with Gasteiger partial charge >= 0.3 is 6.09 Å². The number of methoxy groups -OCH3 is 1. The first-order valence-corrected chi connectivity index (χ1v) is 21.8. The van der Waals surface area contributed by atoms with Crippen molar-refractivity contribution >= 4 is 44.6 Å². The third-order valence-corrected chi connectivity index (χ3v) is 15.1. The first-order valence-electron chi connectivity index (χ1n) is 20.3. The van der Waals surface area contributed by atoms with Gasteiger partial charge in [-0.15, -0.1) is 0 Å². The lowest BCUT2D eigenvalue weighted by atomic mass is 9.86. The van der Waals surface area contributed by atoms with Gasteiger partial charge in [-0.1, -0.05) is 44.2 Å². The van der Waals surface area contributed by atoms with Crippen molar-refractivity contribution in [3.05, 3.63) is 42.6 Å². The molecule has 0 bridgehead atoms. The van der Waals surface area contributed by atoms with Crippen molar-refractivity contribution in [3.63, 3.8) is 0 Å². The van der Waals surface area contributed by atoms with Gasteiger partial charge in [0.05, 0.1) is 32.0 Å². The summed E-state index contributed by atoms with van der Waals surface area (Å²) in [7, 11) is -2.88. The second-order valence-corrected chi connectivity index (χ2v) is 19.0. The van der Waals surface area contributed by atoms with Crippen molar-refractivity contribution in [1.29, 1.82) is 0 Å². The van der Waals surface area contributed by atoms with E-state index in [1.54, 1.807) is 13.0 Å². The van der Waals surface area contributed by atoms with Gasteiger partial charge in [0, 0.05) is 29.7 Å². The summed E-state index contributed by atoms with van der Waals surface area (Å²) < 4.78 is 58.7. The van der Waals surface area contributed by atoms with E-state index in [0.29, 0.717) is 49.8 Å². The quantitative estimate of drug-likeness (QED) is 0.305. The van der Waals surface area contributed by atoms with Crippen LogP contribution in [0, 0.1) is 17.8 Å². The highest BCUT2D eigenvalue weighted by Gasteiger charge is 2.64. The van der Waals surface area contributed by atoms with Crippen LogP contribution < -0.4 is 19.5 Å². The molecule has 1 aromatic heterocycles. The Morgan fingerprint density at radius 3 is 2.53 bits per heavy atom. The Morgan fingerprint density at radius 1 is 1.14 bits per heavy atom. The van der Waals surface area contributed by atoms with E-state index in [2.05, 4.69) is 15.0 Å². The number of pyridine rings is 1. The molecule has 4 heterocycles. The number of fused-ring (bicyclic) bond motifs is 3. The average molecular weight is 828 g/mol. The van der Waals surface area contributed by atoms with Crippen molar-refractivity contribution in [1.82, 2.24) is 24.8 Å². The zero-order valence-electron chi connectivity index (χ0n) is 33.4. The molecular formula is C41H54FN5O10S. The fraction of sp³-hybridized carbons (Fsp3) is 0.634. The molecule has 2 aromatic rings. The molecule has 2 unspecified atom stereocenters. The van der Waals surface area contributed by atoms with Crippen molar-refractivity contribution in [2.75, 3.05) is 27.0 Å². The summed E-state index contributed by atoms with van der Waals surface area (Å²) in [5, 5.41) is 15.0. The van der Waals surface area contributed by atoms with E-state index in [4.69, 9.17) is 14.2 Å². The van der Waals surface area contributed by atoms with Gasteiger partial charge in [0.15, 0.2) is 0 Å². The number of halogens is 1. The smallest absolute Gasteiger partial charge is 0.408 e. The number of benzene rings is 1. The lowest BCUT2D eigenvalue weighted by Crippen LogP contribution is -2.63. The van der Waals surface area contributed by atoms with Gasteiger partial charge in [-0.3, -0.25) is 24.0 Å². The lowest BCUT2D eigenvalue weighted by Gasteiger charge is -2.43. The van der Waals surface area contributed by atoms with Crippen LogP contribution >= 0.6 is 0 Å². The third-order valence-electron chi connectivity index (χ3n) is 13.0. The van der Waals surface area contributed by atoms with Crippen molar-refractivity contribution < 1.29 is 51.3 Å². The molecule has 0 radical (unpaired) electrons.